The van der Waals surface area contributed by atoms with Gasteiger partial charge in [-0.2, -0.15) is 0 Å². The SMILES string of the molecule is Brc1cc(N2CCc3ccccc32)nc(C2CC2)n1. The largest absolute Gasteiger partial charge is 0.326 e. The Morgan fingerprint density at radius 1 is 1.16 bits per heavy atom. The van der Waals surface area contributed by atoms with Gasteiger partial charge in [-0.1, -0.05) is 18.2 Å². The summed E-state index contributed by atoms with van der Waals surface area (Å²) < 4.78 is 0.892. The maximum absolute atomic E-state index is 4.76. The van der Waals surface area contributed by atoms with E-state index in [0.29, 0.717) is 5.92 Å². The topological polar surface area (TPSA) is 29.0 Å². The molecule has 2 aromatic rings. The van der Waals surface area contributed by atoms with E-state index in [2.05, 4.69) is 50.1 Å². The van der Waals surface area contributed by atoms with Crippen LogP contribution >= 0.6 is 15.9 Å². The van der Waals surface area contributed by atoms with Crippen molar-refractivity contribution in [2.24, 2.45) is 0 Å². The Kier molecular flexibility index (Phi) is 2.58. The maximum Gasteiger partial charge on any atom is 0.137 e. The highest BCUT2D eigenvalue weighted by Gasteiger charge is 2.29. The second kappa shape index (κ2) is 4.30. The third-order valence-electron chi connectivity index (χ3n) is 3.80. The minimum atomic E-state index is 0.578. The van der Waals surface area contributed by atoms with Gasteiger partial charge in [0.15, 0.2) is 0 Å². The summed E-state index contributed by atoms with van der Waals surface area (Å²) in [5.41, 5.74) is 2.69. The molecule has 0 radical (unpaired) electrons. The highest BCUT2D eigenvalue weighted by Crippen LogP contribution is 2.40. The number of rotatable bonds is 2. The number of hydrogen-bond donors (Lipinski definition) is 0. The average Bonchev–Trinajstić information content (AvgIpc) is 3.18. The molecule has 1 aromatic carbocycles. The molecular formula is C15H14BrN3. The first-order valence-corrected chi connectivity index (χ1v) is 7.50. The third kappa shape index (κ3) is 2.04. The zero-order valence-electron chi connectivity index (χ0n) is 10.5. The molecule has 96 valence electrons. The normalized spacial score (nSPS) is 17.6. The fourth-order valence-corrected chi connectivity index (χ4v) is 3.05. The van der Waals surface area contributed by atoms with E-state index in [1.165, 1.54) is 24.1 Å². The molecule has 2 heterocycles. The second-order valence-corrected chi connectivity index (χ2v) is 6.02. The first-order chi connectivity index (χ1) is 9.31. The van der Waals surface area contributed by atoms with Crippen LogP contribution < -0.4 is 4.90 Å². The van der Waals surface area contributed by atoms with Crippen LogP contribution in [0.25, 0.3) is 0 Å². The molecule has 1 fully saturated rings. The summed E-state index contributed by atoms with van der Waals surface area (Å²) in [6.45, 7) is 1.01. The zero-order chi connectivity index (χ0) is 12.8. The Morgan fingerprint density at radius 3 is 2.84 bits per heavy atom. The smallest absolute Gasteiger partial charge is 0.137 e. The standard InChI is InChI=1S/C15H14BrN3/c16-13-9-14(18-15(17-13)11-5-6-11)19-8-7-10-3-1-2-4-12(10)19/h1-4,9,11H,5-8H2. The molecule has 2 aliphatic rings. The summed E-state index contributed by atoms with van der Waals surface area (Å²) in [4.78, 5) is 11.6. The van der Waals surface area contributed by atoms with E-state index in [0.717, 1.165) is 29.2 Å². The predicted octanol–water partition coefficient (Wildman–Crippen LogP) is 3.81. The van der Waals surface area contributed by atoms with Crippen LogP contribution in [0.3, 0.4) is 0 Å². The Balaban J connectivity index is 1.77. The number of hydrogen-bond acceptors (Lipinski definition) is 3. The van der Waals surface area contributed by atoms with Crippen molar-refractivity contribution < 1.29 is 0 Å². The summed E-state index contributed by atoms with van der Waals surface area (Å²) >= 11 is 3.52. The Hall–Kier alpha value is -1.42. The van der Waals surface area contributed by atoms with Gasteiger partial charge in [0, 0.05) is 24.2 Å². The summed E-state index contributed by atoms with van der Waals surface area (Å²) in [6.07, 6.45) is 3.55. The van der Waals surface area contributed by atoms with E-state index in [4.69, 9.17) is 4.98 Å². The lowest BCUT2D eigenvalue weighted by molar-refractivity contribution is 0.885. The van der Waals surface area contributed by atoms with E-state index in [1.807, 2.05) is 6.07 Å². The van der Waals surface area contributed by atoms with Gasteiger partial charge >= 0.3 is 0 Å². The van der Waals surface area contributed by atoms with Crippen molar-refractivity contribution in [1.82, 2.24) is 9.97 Å². The molecule has 0 bridgehead atoms. The van der Waals surface area contributed by atoms with Crippen molar-refractivity contribution in [3.63, 3.8) is 0 Å². The minimum Gasteiger partial charge on any atom is -0.326 e. The molecule has 3 nitrogen and oxygen atoms in total. The molecule has 1 aromatic heterocycles. The van der Waals surface area contributed by atoms with Crippen LogP contribution in [0.2, 0.25) is 0 Å². The molecule has 19 heavy (non-hydrogen) atoms. The van der Waals surface area contributed by atoms with Gasteiger partial charge in [0.05, 0.1) is 0 Å². The van der Waals surface area contributed by atoms with Crippen molar-refractivity contribution >= 4 is 27.4 Å². The van der Waals surface area contributed by atoms with Crippen molar-refractivity contribution in [1.29, 1.82) is 0 Å². The summed E-state index contributed by atoms with van der Waals surface area (Å²) in [7, 11) is 0. The number of halogens is 1. The molecule has 0 N–H and O–H groups in total. The van der Waals surface area contributed by atoms with E-state index in [1.54, 1.807) is 0 Å². The lowest BCUT2D eigenvalue weighted by atomic mass is 10.2. The summed E-state index contributed by atoms with van der Waals surface area (Å²) in [6, 6.07) is 10.6. The van der Waals surface area contributed by atoms with Crippen LogP contribution in [0.15, 0.2) is 34.9 Å². The molecule has 0 spiro atoms. The highest BCUT2D eigenvalue weighted by molar-refractivity contribution is 9.10. The highest BCUT2D eigenvalue weighted by atomic mass is 79.9. The molecule has 1 saturated carbocycles. The fraction of sp³-hybridized carbons (Fsp3) is 0.333. The molecule has 0 saturated heterocycles. The van der Waals surface area contributed by atoms with Crippen LogP contribution in [0.4, 0.5) is 11.5 Å². The number of para-hydroxylation sites is 1. The van der Waals surface area contributed by atoms with Gasteiger partial charge < -0.3 is 4.90 Å². The minimum absolute atomic E-state index is 0.578. The first kappa shape index (κ1) is 11.4. The molecular weight excluding hydrogens is 302 g/mol. The van der Waals surface area contributed by atoms with Gasteiger partial charge in [-0.05, 0) is 46.8 Å². The molecule has 4 rings (SSSR count). The predicted molar refractivity (Wildman–Crippen MR) is 78.9 cm³/mol. The number of anilines is 2. The number of fused-ring (bicyclic) bond motifs is 1. The van der Waals surface area contributed by atoms with Crippen molar-refractivity contribution in [3.8, 4) is 0 Å². The molecule has 0 unspecified atom stereocenters. The van der Waals surface area contributed by atoms with Crippen molar-refractivity contribution in [3.05, 3.63) is 46.3 Å². The lowest BCUT2D eigenvalue weighted by Gasteiger charge is -2.19. The molecule has 0 atom stereocenters. The van der Waals surface area contributed by atoms with E-state index in [-0.39, 0.29) is 0 Å². The third-order valence-corrected chi connectivity index (χ3v) is 4.21. The second-order valence-electron chi connectivity index (χ2n) is 5.21. The monoisotopic (exact) mass is 315 g/mol. The lowest BCUT2D eigenvalue weighted by Crippen LogP contribution is -2.16. The van der Waals surface area contributed by atoms with Gasteiger partial charge in [-0.3, -0.25) is 0 Å². The number of benzene rings is 1. The Morgan fingerprint density at radius 2 is 2.00 bits per heavy atom. The van der Waals surface area contributed by atoms with Crippen molar-refractivity contribution in [2.45, 2.75) is 25.2 Å². The summed E-state index contributed by atoms with van der Waals surface area (Å²) in [5.74, 6) is 2.59. The molecule has 1 aliphatic heterocycles. The van der Waals surface area contributed by atoms with Gasteiger partial charge in [0.2, 0.25) is 0 Å². The quantitative estimate of drug-likeness (QED) is 0.789. The van der Waals surface area contributed by atoms with Crippen LogP contribution in [0, 0.1) is 0 Å². The summed E-state index contributed by atoms with van der Waals surface area (Å²) in [5, 5.41) is 0. The van der Waals surface area contributed by atoms with Crippen LogP contribution in [-0.4, -0.2) is 16.5 Å². The Labute approximate surface area is 120 Å². The fourth-order valence-electron chi connectivity index (χ4n) is 2.66. The molecule has 1 aliphatic carbocycles. The van der Waals surface area contributed by atoms with Crippen molar-refractivity contribution in [2.75, 3.05) is 11.4 Å². The van der Waals surface area contributed by atoms with Gasteiger partial charge in [-0.15, -0.1) is 0 Å². The average molecular weight is 316 g/mol. The van der Waals surface area contributed by atoms with Crippen LogP contribution in [-0.2, 0) is 6.42 Å². The Bertz CT molecular complexity index is 637. The van der Waals surface area contributed by atoms with Gasteiger partial charge in [0.1, 0.15) is 16.2 Å². The first-order valence-electron chi connectivity index (χ1n) is 6.71. The maximum atomic E-state index is 4.76. The van der Waals surface area contributed by atoms with Gasteiger partial charge in [0.25, 0.3) is 0 Å². The van der Waals surface area contributed by atoms with Crippen LogP contribution in [0.5, 0.6) is 0 Å². The van der Waals surface area contributed by atoms with Crippen LogP contribution in [0.1, 0.15) is 30.1 Å². The van der Waals surface area contributed by atoms with E-state index < -0.39 is 0 Å². The number of aromatic nitrogens is 2. The molecule has 4 heteroatoms. The zero-order valence-corrected chi connectivity index (χ0v) is 12.1. The molecule has 0 amide bonds. The van der Waals surface area contributed by atoms with E-state index in [9.17, 15) is 0 Å². The number of nitrogens with zero attached hydrogens (tertiary/aromatic N) is 3. The van der Waals surface area contributed by atoms with E-state index >= 15 is 0 Å². The van der Waals surface area contributed by atoms with Gasteiger partial charge in [-0.25, -0.2) is 9.97 Å².